The second kappa shape index (κ2) is 4.85. The van der Waals surface area contributed by atoms with Crippen molar-refractivity contribution in [1.82, 2.24) is 5.32 Å². The highest BCUT2D eigenvalue weighted by molar-refractivity contribution is 6.01. The summed E-state index contributed by atoms with van der Waals surface area (Å²) in [5, 5.41) is 2.61. The molecule has 0 aromatic heterocycles. The Morgan fingerprint density at radius 2 is 2.00 bits per heavy atom. The van der Waals surface area contributed by atoms with Gasteiger partial charge in [0.05, 0.1) is 5.69 Å². The van der Waals surface area contributed by atoms with Crippen LogP contribution in [-0.4, -0.2) is 24.4 Å². The van der Waals surface area contributed by atoms with Gasteiger partial charge in [-0.2, -0.15) is 0 Å². The molecule has 1 atom stereocenters. The fourth-order valence-electron chi connectivity index (χ4n) is 2.85. The first-order chi connectivity index (χ1) is 9.58. The summed E-state index contributed by atoms with van der Waals surface area (Å²) in [6.45, 7) is 0.248. The van der Waals surface area contributed by atoms with Gasteiger partial charge in [-0.1, -0.05) is 0 Å². The van der Waals surface area contributed by atoms with E-state index >= 15 is 0 Å². The van der Waals surface area contributed by atoms with E-state index in [1.165, 1.54) is 4.90 Å². The average molecular weight is 280 g/mol. The number of nitrogens with one attached hydrogen (secondary N) is 1. The van der Waals surface area contributed by atoms with Crippen molar-refractivity contribution in [2.75, 3.05) is 11.4 Å². The molecule has 1 aromatic rings. The Morgan fingerprint density at radius 1 is 1.25 bits per heavy atom. The highest BCUT2D eigenvalue weighted by atomic mass is 19.1. The van der Waals surface area contributed by atoms with Crippen LogP contribution < -0.4 is 10.2 Å². The molecule has 106 valence electrons. The van der Waals surface area contributed by atoms with Crippen LogP contribution in [0.25, 0.3) is 0 Å². The van der Waals surface area contributed by atoms with Crippen LogP contribution in [0.5, 0.6) is 0 Å². The molecule has 0 aliphatic carbocycles. The molecule has 4 nitrogen and oxygen atoms in total. The van der Waals surface area contributed by atoms with E-state index in [0.717, 1.165) is 12.1 Å². The predicted octanol–water partition coefficient (Wildman–Crippen LogP) is 1.52. The number of carbonyl (C=O) groups excluding carboxylic acids is 2. The number of piperidine rings is 1. The van der Waals surface area contributed by atoms with Crippen molar-refractivity contribution in [3.05, 3.63) is 29.3 Å². The van der Waals surface area contributed by atoms with Crippen LogP contribution >= 0.6 is 0 Å². The molecule has 2 amide bonds. The van der Waals surface area contributed by atoms with E-state index in [9.17, 15) is 18.4 Å². The van der Waals surface area contributed by atoms with Gasteiger partial charge in [0, 0.05) is 18.5 Å². The fraction of sp³-hybridized carbons (Fsp3) is 0.429. The predicted molar refractivity (Wildman–Crippen MR) is 68.2 cm³/mol. The molecule has 0 radical (unpaired) electrons. The minimum absolute atomic E-state index is 0.0230. The molecule has 2 aliphatic heterocycles. The van der Waals surface area contributed by atoms with Gasteiger partial charge in [0.2, 0.25) is 11.8 Å². The highest BCUT2D eigenvalue weighted by Crippen LogP contribution is 2.33. The number of fused-ring (bicyclic) bond motifs is 1. The Balaban J connectivity index is 1.89. The van der Waals surface area contributed by atoms with Crippen molar-refractivity contribution < 1.29 is 18.4 Å². The summed E-state index contributed by atoms with van der Waals surface area (Å²) in [6, 6.07) is 1.47. The fourth-order valence-corrected chi connectivity index (χ4v) is 2.85. The van der Waals surface area contributed by atoms with E-state index in [1.54, 1.807) is 0 Å². The lowest BCUT2D eigenvalue weighted by Gasteiger charge is -2.27. The molecule has 1 unspecified atom stereocenters. The van der Waals surface area contributed by atoms with E-state index in [1.807, 2.05) is 0 Å². The Bertz CT molecular complexity index is 589. The van der Waals surface area contributed by atoms with E-state index in [4.69, 9.17) is 0 Å². The van der Waals surface area contributed by atoms with Gasteiger partial charge in [-0.25, -0.2) is 8.78 Å². The standard InChI is InChI=1S/C14H14F2N2O2/c15-9-4-5-10(16)13-8(9)6-7-18(13)14(20)11-2-1-3-12(19)17-11/h4-5,11H,1-3,6-7H2,(H,17,19). The van der Waals surface area contributed by atoms with Crippen molar-refractivity contribution in [1.29, 1.82) is 0 Å². The molecule has 2 aliphatic rings. The van der Waals surface area contributed by atoms with E-state index < -0.39 is 17.7 Å². The van der Waals surface area contributed by atoms with Gasteiger partial charge in [0.15, 0.2) is 0 Å². The molecule has 20 heavy (non-hydrogen) atoms. The molecule has 1 N–H and O–H groups in total. The number of hydrogen-bond donors (Lipinski definition) is 1. The Hall–Kier alpha value is -1.98. The van der Waals surface area contributed by atoms with Gasteiger partial charge in [-0.3, -0.25) is 9.59 Å². The maximum atomic E-state index is 13.9. The number of hydrogen-bond acceptors (Lipinski definition) is 2. The van der Waals surface area contributed by atoms with Crippen LogP contribution in [0.1, 0.15) is 24.8 Å². The van der Waals surface area contributed by atoms with Gasteiger partial charge in [-0.05, 0) is 31.4 Å². The maximum Gasteiger partial charge on any atom is 0.249 e. The first-order valence-electron chi connectivity index (χ1n) is 6.65. The molecule has 6 heteroatoms. The van der Waals surface area contributed by atoms with Gasteiger partial charge in [0.25, 0.3) is 0 Å². The number of benzene rings is 1. The first-order valence-corrected chi connectivity index (χ1v) is 6.65. The average Bonchev–Trinajstić information content (AvgIpc) is 2.88. The Labute approximate surface area is 114 Å². The molecule has 1 saturated heterocycles. The van der Waals surface area contributed by atoms with Gasteiger partial charge < -0.3 is 10.2 Å². The number of anilines is 1. The number of carbonyl (C=O) groups is 2. The SMILES string of the molecule is O=C1CCCC(C(=O)N2CCc3c(F)ccc(F)c32)N1. The third-order valence-corrected chi connectivity index (χ3v) is 3.83. The van der Waals surface area contributed by atoms with Crippen LogP contribution in [0.4, 0.5) is 14.5 Å². The molecule has 0 spiro atoms. The third-order valence-electron chi connectivity index (χ3n) is 3.83. The number of nitrogens with zero attached hydrogens (tertiary/aromatic N) is 1. The topological polar surface area (TPSA) is 49.4 Å². The molecular weight excluding hydrogens is 266 g/mol. The molecule has 2 heterocycles. The number of halogens is 2. The maximum absolute atomic E-state index is 13.9. The minimum Gasteiger partial charge on any atom is -0.344 e. The Morgan fingerprint density at radius 3 is 2.75 bits per heavy atom. The normalized spacial score (nSPS) is 21.6. The number of amides is 2. The zero-order chi connectivity index (χ0) is 14.3. The molecule has 0 bridgehead atoms. The summed E-state index contributed by atoms with van der Waals surface area (Å²) < 4.78 is 27.5. The summed E-state index contributed by atoms with van der Waals surface area (Å²) in [6.07, 6.45) is 1.87. The lowest BCUT2D eigenvalue weighted by Crippen LogP contribution is -2.50. The van der Waals surface area contributed by atoms with E-state index in [-0.39, 0.29) is 29.6 Å². The van der Waals surface area contributed by atoms with Gasteiger partial charge in [0.1, 0.15) is 17.7 Å². The number of rotatable bonds is 1. The van der Waals surface area contributed by atoms with Crippen molar-refractivity contribution in [3.63, 3.8) is 0 Å². The van der Waals surface area contributed by atoms with E-state index in [2.05, 4.69) is 5.32 Å². The van der Waals surface area contributed by atoms with Crippen LogP contribution in [0, 0.1) is 11.6 Å². The van der Waals surface area contributed by atoms with Crippen molar-refractivity contribution in [2.24, 2.45) is 0 Å². The summed E-state index contributed by atoms with van der Waals surface area (Å²) in [7, 11) is 0. The molecule has 1 aromatic carbocycles. The highest BCUT2D eigenvalue weighted by Gasteiger charge is 2.35. The third kappa shape index (κ3) is 2.05. The second-order valence-corrected chi connectivity index (χ2v) is 5.11. The molecule has 1 fully saturated rings. The monoisotopic (exact) mass is 280 g/mol. The quantitative estimate of drug-likeness (QED) is 0.848. The van der Waals surface area contributed by atoms with Crippen molar-refractivity contribution in [3.8, 4) is 0 Å². The zero-order valence-electron chi connectivity index (χ0n) is 10.8. The summed E-state index contributed by atoms with van der Waals surface area (Å²) in [4.78, 5) is 25.0. The van der Waals surface area contributed by atoms with Gasteiger partial charge >= 0.3 is 0 Å². The van der Waals surface area contributed by atoms with E-state index in [0.29, 0.717) is 25.7 Å². The lowest BCUT2D eigenvalue weighted by atomic mass is 10.0. The molecular formula is C14H14F2N2O2. The lowest BCUT2D eigenvalue weighted by molar-refractivity contribution is -0.129. The van der Waals surface area contributed by atoms with Gasteiger partial charge in [-0.15, -0.1) is 0 Å². The molecule has 0 saturated carbocycles. The zero-order valence-corrected chi connectivity index (χ0v) is 10.8. The van der Waals surface area contributed by atoms with Crippen LogP contribution in [-0.2, 0) is 16.0 Å². The summed E-state index contributed by atoms with van der Waals surface area (Å²) in [5.74, 6) is -1.63. The minimum atomic E-state index is -0.634. The summed E-state index contributed by atoms with van der Waals surface area (Å²) in [5.41, 5.74) is 0.260. The first kappa shape index (κ1) is 13.0. The molecule has 3 rings (SSSR count). The Kier molecular flexibility index (Phi) is 3.16. The van der Waals surface area contributed by atoms with Crippen LogP contribution in [0.15, 0.2) is 12.1 Å². The summed E-state index contributed by atoms with van der Waals surface area (Å²) >= 11 is 0. The van der Waals surface area contributed by atoms with Crippen molar-refractivity contribution in [2.45, 2.75) is 31.7 Å². The second-order valence-electron chi connectivity index (χ2n) is 5.11. The van der Waals surface area contributed by atoms with Crippen molar-refractivity contribution >= 4 is 17.5 Å². The van der Waals surface area contributed by atoms with Crippen LogP contribution in [0.2, 0.25) is 0 Å². The van der Waals surface area contributed by atoms with Crippen LogP contribution in [0.3, 0.4) is 0 Å². The smallest absolute Gasteiger partial charge is 0.249 e. The largest absolute Gasteiger partial charge is 0.344 e.